The highest BCUT2D eigenvalue weighted by atomic mass is 16.3. The minimum atomic E-state index is 0.369. The smallest absolute Gasteiger partial charge is 0.0471 e. The maximum Gasteiger partial charge on any atom is 0.0471 e. The van der Waals surface area contributed by atoms with Gasteiger partial charge in [0.25, 0.3) is 0 Å². The van der Waals surface area contributed by atoms with Crippen molar-refractivity contribution in [3.8, 4) is 0 Å². The number of hydrogen-bond donors (Lipinski definition) is 2. The maximum absolute atomic E-state index is 9.29. The third-order valence-corrected chi connectivity index (χ3v) is 4.99. The van der Waals surface area contributed by atoms with Gasteiger partial charge in [0.1, 0.15) is 0 Å². The van der Waals surface area contributed by atoms with E-state index in [9.17, 15) is 5.11 Å². The molecule has 0 bridgehead atoms. The summed E-state index contributed by atoms with van der Waals surface area (Å²) in [6.07, 6.45) is 8.17. The second-order valence-corrected chi connectivity index (χ2v) is 7.17. The summed E-state index contributed by atoms with van der Waals surface area (Å²) in [5, 5.41) is 13.0. The average Bonchev–Trinajstić information content (AvgIpc) is 2.85. The highest BCUT2D eigenvalue weighted by Gasteiger charge is 2.35. The molecule has 1 aliphatic carbocycles. The van der Waals surface area contributed by atoms with Crippen molar-refractivity contribution >= 4 is 0 Å². The van der Waals surface area contributed by atoms with E-state index in [1.807, 2.05) is 0 Å². The lowest BCUT2D eigenvalue weighted by Crippen LogP contribution is -2.46. The van der Waals surface area contributed by atoms with Crippen LogP contribution in [-0.4, -0.2) is 48.8 Å². The number of nitrogens with zero attached hydrogens (tertiary/aromatic N) is 1. The summed E-state index contributed by atoms with van der Waals surface area (Å²) in [4.78, 5) is 2.61. The van der Waals surface area contributed by atoms with E-state index < -0.39 is 0 Å². The van der Waals surface area contributed by atoms with Crippen LogP contribution >= 0.6 is 0 Å². The first-order valence-corrected chi connectivity index (χ1v) is 8.20. The van der Waals surface area contributed by atoms with Gasteiger partial charge in [-0.25, -0.2) is 0 Å². The van der Waals surface area contributed by atoms with Crippen molar-refractivity contribution in [2.75, 3.05) is 32.8 Å². The predicted octanol–water partition coefficient (Wildman–Crippen LogP) is 2.25. The highest BCUT2D eigenvalue weighted by Crippen LogP contribution is 2.37. The average molecular weight is 268 g/mol. The van der Waals surface area contributed by atoms with Crippen LogP contribution in [0.3, 0.4) is 0 Å². The van der Waals surface area contributed by atoms with Gasteiger partial charge in [0.05, 0.1) is 0 Å². The zero-order chi connectivity index (χ0) is 13.7. The zero-order valence-electron chi connectivity index (χ0n) is 12.8. The Kier molecular flexibility index (Phi) is 5.67. The Morgan fingerprint density at radius 2 is 2.00 bits per heavy atom. The number of aliphatic hydroxyl groups excluding tert-OH is 1. The van der Waals surface area contributed by atoms with Gasteiger partial charge in [-0.2, -0.15) is 0 Å². The molecule has 0 amide bonds. The minimum Gasteiger partial charge on any atom is -0.396 e. The zero-order valence-corrected chi connectivity index (χ0v) is 12.8. The third-order valence-electron chi connectivity index (χ3n) is 4.99. The van der Waals surface area contributed by atoms with Gasteiger partial charge < -0.3 is 15.3 Å². The fourth-order valence-electron chi connectivity index (χ4n) is 3.79. The van der Waals surface area contributed by atoms with Gasteiger partial charge in [-0.05, 0) is 37.1 Å². The molecule has 1 atom stereocenters. The Balaban J connectivity index is 1.89. The molecule has 0 aromatic rings. The van der Waals surface area contributed by atoms with Gasteiger partial charge in [-0.3, -0.25) is 0 Å². The van der Waals surface area contributed by atoms with Crippen LogP contribution in [0.4, 0.5) is 0 Å². The first-order chi connectivity index (χ1) is 9.13. The largest absolute Gasteiger partial charge is 0.396 e. The molecule has 2 fully saturated rings. The van der Waals surface area contributed by atoms with E-state index >= 15 is 0 Å². The topological polar surface area (TPSA) is 35.5 Å². The lowest BCUT2D eigenvalue weighted by Gasteiger charge is -2.41. The van der Waals surface area contributed by atoms with Crippen LogP contribution in [0, 0.1) is 11.3 Å². The predicted molar refractivity (Wildman–Crippen MR) is 80.3 cm³/mol. The lowest BCUT2D eigenvalue weighted by atomic mass is 9.73. The summed E-state index contributed by atoms with van der Waals surface area (Å²) in [6.45, 7) is 9.57. The second kappa shape index (κ2) is 7.05. The van der Waals surface area contributed by atoms with Crippen LogP contribution in [0.5, 0.6) is 0 Å². The van der Waals surface area contributed by atoms with Crippen LogP contribution in [-0.2, 0) is 0 Å². The van der Waals surface area contributed by atoms with E-state index in [2.05, 4.69) is 24.1 Å². The number of rotatable bonds is 6. The van der Waals surface area contributed by atoms with Gasteiger partial charge in [0.2, 0.25) is 0 Å². The Morgan fingerprint density at radius 3 is 2.58 bits per heavy atom. The monoisotopic (exact) mass is 268 g/mol. The van der Waals surface area contributed by atoms with E-state index in [0.717, 1.165) is 6.54 Å². The van der Waals surface area contributed by atoms with E-state index in [1.165, 1.54) is 58.2 Å². The molecule has 1 heterocycles. The van der Waals surface area contributed by atoms with Crippen molar-refractivity contribution in [1.29, 1.82) is 0 Å². The van der Waals surface area contributed by atoms with E-state index in [-0.39, 0.29) is 0 Å². The van der Waals surface area contributed by atoms with E-state index in [1.54, 1.807) is 0 Å². The quantitative estimate of drug-likeness (QED) is 0.775. The van der Waals surface area contributed by atoms with Crippen LogP contribution in [0.2, 0.25) is 0 Å². The van der Waals surface area contributed by atoms with Gasteiger partial charge in [0, 0.05) is 32.3 Å². The molecule has 1 unspecified atom stereocenters. The summed E-state index contributed by atoms with van der Waals surface area (Å²) < 4.78 is 0. The van der Waals surface area contributed by atoms with Crippen LogP contribution in [0.1, 0.15) is 52.4 Å². The fraction of sp³-hybridized carbons (Fsp3) is 1.00. The summed E-state index contributed by atoms with van der Waals surface area (Å²) in [5.74, 6) is 0.527. The fourth-order valence-corrected chi connectivity index (χ4v) is 3.79. The lowest BCUT2D eigenvalue weighted by molar-refractivity contribution is 0.109. The van der Waals surface area contributed by atoms with Gasteiger partial charge in [0.15, 0.2) is 0 Å². The van der Waals surface area contributed by atoms with Crippen molar-refractivity contribution in [1.82, 2.24) is 10.2 Å². The van der Waals surface area contributed by atoms with Crippen molar-refractivity contribution in [2.45, 2.75) is 58.4 Å². The van der Waals surface area contributed by atoms with Crippen molar-refractivity contribution in [3.05, 3.63) is 0 Å². The molecular formula is C16H32N2O. The summed E-state index contributed by atoms with van der Waals surface area (Å²) >= 11 is 0. The second-order valence-electron chi connectivity index (χ2n) is 7.17. The third kappa shape index (κ3) is 4.44. The Hall–Kier alpha value is -0.120. The number of likely N-dealkylation sites (tertiary alicyclic amines) is 1. The summed E-state index contributed by atoms with van der Waals surface area (Å²) in [5.41, 5.74) is 0.493. The van der Waals surface area contributed by atoms with Gasteiger partial charge >= 0.3 is 0 Å². The van der Waals surface area contributed by atoms with Crippen LogP contribution in [0.25, 0.3) is 0 Å². The molecule has 3 nitrogen and oxygen atoms in total. The number of nitrogens with one attached hydrogen (secondary N) is 1. The molecule has 1 saturated heterocycles. The molecule has 0 aromatic carbocycles. The standard InChI is InChI=1S/C16H32N2O/c1-14(2)17-12-16(7-4-3-5-8-16)13-18-9-6-15(10-18)11-19/h14-15,17,19H,3-13H2,1-2H3. The Morgan fingerprint density at radius 1 is 1.26 bits per heavy atom. The first kappa shape index (κ1) is 15.3. The number of aliphatic hydroxyl groups is 1. The minimum absolute atomic E-state index is 0.369. The molecule has 2 aliphatic rings. The van der Waals surface area contributed by atoms with Crippen LogP contribution in [0.15, 0.2) is 0 Å². The van der Waals surface area contributed by atoms with Gasteiger partial charge in [-0.1, -0.05) is 33.1 Å². The van der Waals surface area contributed by atoms with Crippen LogP contribution < -0.4 is 5.32 Å². The summed E-state index contributed by atoms with van der Waals surface area (Å²) in [7, 11) is 0. The molecule has 3 heteroatoms. The first-order valence-electron chi connectivity index (χ1n) is 8.20. The number of hydrogen-bond acceptors (Lipinski definition) is 3. The molecule has 1 saturated carbocycles. The summed E-state index contributed by atoms with van der Waals surface area (Å²) in [6, 6.07) is 0.586. The Bertz CT molecular complexity index is 261. The van der Waals surface area contributed by atoms with Crippen molar-refractivity contribution in [3.63, 3.8) is 0 Å². The SMILES string of the molecule is CC(C)NCC1(CN2CCC(CO)C2)CCCCC1. The molecular weight excluding hydrogens is 236 g/mol. The van der Waals surface area contributed by atoms with E-state index in [4.69, 9.17) is 0 Å². The van der Waals surface area contributed by atoms with Crippen molar-refractivity contribution < 1.29 is 5.11 Å². The molecule has 19 heavy (non-hydrogen) atoms. The molecule has 2 rings (SSSR count). The molecule has 0 aromatic heterocycles. The highest BCUT2D eigenvalue weighted by molar-refractivity contribution is 4.90. The Labute approximate surface area is 118 Å². The molecule has 1 aliphatic heterocycles. The van der Waals surface area contributed by atoms with Gasteiger partial charge in [-0.15, -0.1) is 0 Å². The maximum atomic E-state index is 9.29. The normalized spacial score (nSPS) is 28.1. The molecule has 112 valence electrons. The van der Waals surface area contributed by atoms with E-state index in [0.29, 0.717) is 24.0 Å². The molecule has 2 N–H and O–H groups in total. The molecule has 0 spiro atoms. The van der Waals surface area contributed by atoms with Crippen molar-refractivity contribution in [2.24, 2.45) is 11.3 Å². The molecule has 0 radical (unpaired) electrons.